The molecule has 2 heterocycles. The van der Waals surface area contributed by atoms with Crippen LogP contribution in [0.1, 0.15) is 6.92 Å². The second kappa shape index (κ2) is 3.75. The van der Waals surface area contributed by atoms with Gasteiger partial charge in [-0.2, -0.15) is 0 Å². The number of pyridine rings is 1. The number of anilines is 1. The number of hydrogen-bond acceptors (Lipinski definition) is 3. The Bertz CT molecular complexity index is 260. The lowest BCUT2D eigenvalue weighted by Gasteiger charge is -2.33. The van der Waals surface area contributed by atoms with Crippen LogP contribution in [0.4, 0.5) is 5.69 Å². The molecule has 1 aromatic rings. The first-order valence-electron chi connectivity index (χ1n) is 4.74. The largest absolute Gasteiger partial charge is 0.369 e. The molecule has 2 rings (SSSR count). The summed E-state index contributed by atoms with van der Waals surface area (Å²) < 4.78 is 0. The van der Waals surface area contributed by atoms with E-state index >= 15 is 0 Å². The summed E-state index contributed by atoms with van der Waals surface area (Å²) in [5.41, 5.74) is 1.28. The molecular formula is C10H15N3. The van der Waals surface area contributed by atoms with Gasteiger partial charge in [-0.15, -0.1) is 0 Å². The molecule has 1 aromatic heterocycles. The fourth-order valence-electron chi connectivity index (χ4n) is 1.72. The van der Waals surface area contributed by atoms with E-state index in [1.165, 1.54) is 5.69 Å². The summed E-state index contributed by atoms with van der Waals surface area (Å²) in [6.45, 7) is 5.47. The van der Waals surface area contributed by atoms with Crippen molar-refractivity contribution < 1.29 is 0 Å². The van der Waals surface area contributed by atoms with Crippen LogP contribution in [0.15, 0.2) is 24.5 Å². The van der Waals surface area contributed by atoms with Crippen molar-refractivity contribution in [2.24, 2.45) is 0 Å². The van der Waals surface area contributed by atoms with E-state index in [0.717, 1.165) is 19.6 Å². The smallest absolute Gasteiger partial charge is 0.0398 e. The third-order valence-electron chi connectivity index (χ3n) is 2.40. The van der Waals surface area contributed by atoms with Crippen LogP contribution in [0.25, 0.3) is 0 Å². The number of hydrogen-bond donors (Lipinski definition) is 1. The second-order valence-corrected chi connectivity index (χ2v) is 3.51. The van der Waals surface area contributed by atoms with Crippen LogP contribution >= 0.6 is 0 Å². The van der Waals surface area contributed by atoms with E-state index in [2.05, 4.69) is 34.3 Å². The number of nitrogens with one attached hydrogen (secondary N) is 1. The van der Waals surface area contributed by atoms with Crippen LogP contribution < -0.4 is 10.2 Å². The van der Waals surface area contributed by atoms with Gasteiger partial charge in [-0.3, -0.25) is 4.98 Å². The molecule has 0 aromatic carbocycles. The van der Waals surface area contributed by atoms with Gasteiger partial charge in [0.1, 0.15) is 0 Å². The maximum Gasteiger partial charge on any atom is 0.0398 e. The average Bonchev–Trinajstić information content (AvgIpc) is 2.19. The highest BCUT2D eigenvalue weighted by atomic mass is 15.2. The molecule has 0 saturated carbocycles. The number of piperazine rings is 1. The van der Waals surface area contributed by atoms with Gasteiger partial charge in [0.25, 0.3) is 0 Å². The fourth-order valence-corrected chi connectivity index (χ4v) is 1.72. The van der Waals surface area contributed by atoms with Gasteiger partial charge in [0, 0.05) is 43.8 Å². The van der Waals surface area contributed by atoms with Crippen LogP contribution in [0.3, 0.4) is 0 Å². The molecular weight excluding hydrogens is 162 g/mol. The Hall–Kier alpha value is -1.09. The van der Waals surface area contributed by atoms with Gasteiger partial charge in [0.2, 0.25) is 0 Å². The molecule has 1 saturated heterocycles. The van der Waals surface area contributed by atoms with Gasteiger partial charge in [-0.1, -0.05) is 0 Å². The summed E-state index contributed by atoms with van der Waals surface area (Å²) in [6, 6.07) is 4.72. The average molecular weight is 177 g/mol. The van der Waals surface area contributed by atoms with E-state index in [1.807, 2.05) is 12.4 Å². The molecule has 1 fully saturated rings. The zero-order chi connectivity index (χ0) is 9.10. The van der Waals surface area contributed by atoms with Crippen molar-refractivity contribution in [3.8, 4) is 0 Å². The number of rotatable bonds is 1. The minimum Gasteiger partial charge on any atom is -0.369 e. The quantitative estimate of drug-likeness (QED) is 0.690. The lowest BCUT2D eigenvalue weighted by Crippen LogP contribution is -2.49. The monoisotopic (exact) mass is 177 g/mol. The van der Waals surface area contributed by atoms with Crippen molar-refractivity contribution in [1.29, 1.82) is 0 Å². The molecule has 1 atom stereocenters. The zero-order valence-electron chi connectivity index (χ0n) is 7.90. The Balaban J connectivity index is 2.08. The first-order chi connectivity index (χ1) is 6.36. The molecule has 3 heteroatoms. The highest BCUT2D eigenvalue weighted by molar-refractivity contribution is 5.45. The fraction of sp³-hybridized carbons (Fsp3) is 0.500. The lowest BCUT2D eigenvalue weighted by atomic mass is 10.2. The number of nitrogens with zero attached hydrogens (tertiary/aromatic N) is 2. The molecule has 0 bridgehead atoms. The Labute approximate surface area is 78.8 Å². The maximum atomic E-state index is 4.02. The van der Waals surface area contributed by atoms with E-state index in [-0.39, 0.29) is 0 Å². The van der Waals surface area contributed by atoms with E-state index in [9.17, 15) is 0 Å². The molecule has 0 aliphatic carbocycles. The summed E-state index contributed by atoms with van der Waals surface area (Å²) in [4.78, 5) is 6.41. The van der Waals surface area contributed by atoms with Gasteiger partial charge in [-0.05, 0) is 19.1 Å². The van der Waals surface area contributed by atoms with E-state index in [4.69, 9.17) is 0 Å². The predicted octanol–water partition coefficient (Wildman–Crippen LogP) is 0.880. The summed E-state index contributed by atoms with van der Waals surface area (Å²) in [7, 11) is 0. The molecule has 13 heavy (non-hydrogen) atoms. The molecule has 70 valence electrons. The van der Waals surface area contributed by atoms with Crippen molar-refractivity contribution in [3.63, 3.8) is 0 Å². The van der Waals surface area contributed by atoms with Crippen LogP contribution in [0.5, 0.6) is 0 Å². The Morgan fingerprint density at radius 1 is 1.46 bits per heavy atom. The molecule has 3 nitrogen and oxygen atoms in total. The Kier molecular flexibility index (Phi) is 2.45. The summed E-state index contributed by atoms with van der Waals surface area (Å²) >= 11 is 0. The highest BCUT2D eigenvalue weighted by Gasteiger charge is 2.14. The van der Waals surface area contributed by atoms with Crippen molar-refractivity contribution in [2.75, 3.05) is 24.5 Å². The van der Waals surface area contributed by atoms with Crippen molar-refractivity contribution in [2.45, 2.75) is 13.0 Å². The molecule has 0 spiro atoms. The first-order valence-corrected chi connectivity index (χ1v) is 4.74. The summed E-state index contributed by atoms with van der Waals surface area (Å²) in [5, 5.41) is 3.42. The topological polar surface area (TPSA) is 28.2 Å². The van der Waals surface area contributed by atoms with Crippen LogP contribution in [0.2, 0.25) is 0 Å². The third kappa shape index (κ3) is 1.98. The third-order valence-corrected chi connectivity index (χ3v) is 2.40. The van der Waals surface area contributed by atoms with E-state index in [0.29, 0.717) is 6.04 Å². The molecule has 0 unspecified atom stereocenters. The van der Waals surface area contributed by atoms with Gasteiger partial charge in [-0.25, -0.2) is 0 Å². The zero-order valence-corrected chi connectivity index (χ0v) is 7.90. The highest BCUT2D eigenvalue weighted by Crippen LogP contribution is 2.13. The number of aromatic nitrogens is 1. The molecule has 0 radical (unpaired) electrons. The molecule has 1 aliphatic rings. The minimum absolute atomic E-state index is 0.585. The minimum atomic E-state index is 0.585. The predicted molar refractivity (Wildman–Crippen MR) is 53.9 cm³/mol. The molecule has 0 amide bonds. The van der Waals surface area contributed by atoms with Crippen LogP contribution in [-0.2, 0) is 0 Å². The molecule has 1 aliphatic heterocycles. The van der Waals surface area contributed by atoms with E-state index in [1.54, 1.807) is 0 Å². The Morgan fingerprint density at radius 3 is 2.92 bits per heavy atom. The van der Waals surface area contributed by atoms with E-state index < -0.39 is 0 Å². The van der Waals surface area contributed by atoms with Crippen molar-refractivity contribution >= 4 is 5.69 Å². The second-order valence-electron chi connectivity index (χ2n) is 3.51. The first kappa shape index (κ1) is 8.51. The standard InChI is InChI=1S/C10H15N3/c1-9-8-13(7-6-12-9)10-2-4-11-5-3-10/h2-5,9,12H,6-8H2,1H3/t9-/m0/s1. The van der Waals surface area contributed by atoms with Gasteiger partial charge >= 0.3 is 0 Å². The molecule has 1 N–H and O–H groups in total. The van der Waals surface area contributed by atoms with Gasteiger partial charge in [0.15, 0.2) is 0 Å². The summed E-state index contributed by atoms with van der Waals surface area (Å²) in [5.74, 6) is 0. The maximum absolute atomic E-state index is 4.02. The van der Waals surface area contributed by atoms with Crippen LogP contribution in [0, 0.1) is 0 Å². The SMILES string of the molecule is C[C@H]1CN(c2ccncc2)CCN1. The van der Waals surface area contributed by atoms with Crippen LogP contribution in [-0.4, -0.2) is 30.7 Å². The van der Waals surface area contributed by atoms with Crippen molar-refractivity contribution in [1.82, 2.24) is 10.3 Å². The normalized spacial score (nSPS) is 23.2. The Morgan fingerprint density at radius 2 is 2.23 bits per heavy atom. The summed E-state index contributed by atoms with van der Waals surface area (Å²) in [6.07, 6.45) is 3.70. The van der Waals surface area contributed by atoms with Gasteiger partial charge in [0.05, 0.1) is 0 Å². The van der Waals surface area contributed by atoms with Gasteiger partial charge < -0.3 is 10.2 Å². The lowest BCUT2D eigenvalue weighted by molar-refractivity contribution is 0.485. The van der Waals surface area contributed by atoms with Crippen molar-refractivity contribution in [3.05, 3.63) is 24.5 Å².